The zero-order valence-corrected chi connectivity index (χ0v) is 19.5. The Labute approximate surface area is 201 Å². The number of benzene rings is 1. The van der Waals surface area contributed by atoms with E-state index in [4.69, 9.17) is 10.00 Å². The van der Waals surface area contributed by atoms with Gasteiger partial charge < -0.3 is 14.5 Å². The van der Waals surface area contributed by atoms with Gasteiger partial charge in [-0.2, -0.15) is 5.26 Å². The number of carbonyl (C=O) groups is 3. The Kier molecular flexibility index (Phi) is 5.47. The molecule has 0 saturated carbocycles. The summed E-state index contributed by atoms with van der Waals surface area (Å²) in [6.07, 6.45) is 3.72. The topological polar surface area (TPSA) is 121 Å². The van der Waals surface area contributed by atoms with Gasteiger partial charge in [0, 0.05) is 32.8 Å². The van der Waals surface area contributed by atoms with Gasteiger partial charge in [-0.15, -0.1) is 0 Å². The number of aromatic nitrogens is 3. The number of hydrogen-bond acceptors (Lipinski definition) is 8. The van der Waals surface area contributed by atoms with Crippen LogP contribution in [0.25, 0.3) is 11.0 Å². The largest absolute Gasteiger partial charge is 0.426 e. The maximum Gasteiger partial charge on any atom is 0.308 e. The highest BCUT2D eigenvalue weighted by Gasteiger charge is 2.56. The van der Waals surface area contributed by atoms with Crippen molar-refractivity contribution >= 4 is 34.6 Å². The number of anilines is 1. The Hall–Kier alpha value is -4.26. The maximum atomic E-state index is 13.4. The second-order valence-corrected chi connectivity index (χ2v) is 9.03. The summed E-state index contributed by atoms with van der Waals surface area (Å²) in [5, 5.41) is 9.67. The molecule has 0 bridgehead atoms. The lowest BCUT2D eigenvalue weighted by Crippen LogP contribution is -2.69. The summed E-state index contributed by atoms with van der Waals surface area (Å²) in [7, 11) is 0. The molecule has 2 saturated heterocycles. The van der Waals surface area contributed by atoms with Crippen LogP contribution in [0.15, 0.2) is 42.9 Å². The molecule has 5 rings (SSSR count). The number of fused-ring (bicyclic) bond motifs is 1. The minimum atomic E-state index is -0.511. The summed E-state index contributed by atoms with van der Waals surface area (Å²) in [6, 6.07) is 10.3. The van der Waals surface area contributed by atoms with Gasteiger partial charge in [0.1, 0.15) is 24.3 Å². The van der Waals surface area contributed by atoms with Gasteiger partial charge in [0.25, 0.3) is 5.91 Å². The van der Waals surface area contributed by atoms with Gasteiger partial charge in [-0.25, -0.2) is 9.97 Å². The maximum absolute atomic E-state index is 13.4. The van der Waals surface area contributed by atoms with Gasteiger partial charge in [0.2, 0.25) is 5.91 Å². The van der Waals surface area contributed by atoms with Gasteiger partial charge in [0.05, 0.1) is 22.6 Å². The predicted octanol–water partition coefficient (Wildman–Crippen LogP) is 2.39. The summed E-state index contributed by atoms with van der Waals surface area (Å²) in [4.78, 5) is 50.1. The second-order valence-electron chi connectivity index (χ2n) is 9.03. The molecule has 35 heavy (non-hydrogen) atoms. The summed E-state index contributed by atoms with van der Waals surface area (Å²) in [6.45, 7) is 5.37. The van der Waals surface area contributed by atoms with E-state index in [9.17, 15) is 14.4 Å². The second kappa shape index (κ2) is 8.51. The van der Waals surface area contributed by atoms with Crippen molar-refractivity contribution in [2.24, 2.45) is 5.92 Å². The number of amides is 1. The number of hydrogen-bond donors (Lipinski definition) is 0. The summed E-state index contributed by atoms with van der Waals surface area (Å²) >= 11 is 0. The van der Waals surface area contributed by atoms with Crippen LogP contribution in [0.5, 0.6) is 5.75 Å². The number of para-hydroxylation sites is 1. The fourth-order valence-electron chi connectivity index (χ4n) is 5.28. The van der Waals surface area contributed by atoms with Gasteiger partial charge in [-0.1, -0.05) is 19.1 Å². The number of nitrogens with zero attached hydrogens (tertiary/aromatic N) is 6. The summed E-state index contributed by atoms with van der Waals surface area (Å²) < 4.78 is 6.63. The summed E-state index contributed by atoms with van der Waals surface area (Å²) in [5.41, 5.74) is 0.375. The number of ether oxygens (including phenoxy) is 1. The molecular weight excluding hydrogens is 448 g/mol. The molecule has 1 amide bonds. The molecule has 1 spiro atoms. The zero-order chi connectivity index (χ0) is 24.7. The van der Waals surface area contributed by atoms with Crippen LogP contribution in [0.1, 0.15) is 37.0 Å². The molecule has 2 fully saturated rings. The molecule has 2 atom stereocenters. The molecule has 2 aromatic heterocycles. The molecule has 3 aromatic rings. The van der Waals surface area contributed by atoms with Crippen molar-refractivity contribution in [3.8, 4) is 11.8 Å². The van der Waals surface area contributed by atoms with Crippen LogP contribution in [-0.4, -0.2) is 62.4 Å². The molecule has 1 aromatic carbocycles. The van der Waals surface area contributed by atoms with E-state index in [1.807, 2.05) is 11.0 Å². The van der Waals surface area contributed by atoms with E-state index in [0.29, 0.717) is 42.4 Å². The molecule has 4 heterocycles. The number of nitriles is 1. The molecule has 0 unspecified atom stereocenters. The molecule has 10 heteroatoms. The average molecular weight is 473 g/mol. The van der Waals surface area contributed by atoms with Crippen molar-refractivity contribution in [1.82, 2.24) is 19.4 Å². The Morgan fingerprint density at radius 2 is 2.03 bits per heavy atom. The SMILES string of the molecule is CC(=O)Oc1ccccc1C(=O)n1ccc2c(N3CC[C@]4(C3)[C@@H](C)CN4C(=O)CC#N)ncnc21. The molecule has 10 nitrogen and oxygen atoms in total. The first kappa shape index (κ1) is 22.5. The van der Waals surface area contributed by atoms with Crippen molar-refractivity contribution in [1.29, 1.82) is 5.26 Å². The smallest absolute Gasteiger partial charge is 0.308 e. The Morgan fingerprint density at radius 3 is 2.77 bits per heavy atom. The van der Waals surface area contributed by atoms with Crippen molar-refractivity contribution in [2.75, 3.05) is 24.5 Å². The fourth-order valence-corrected chi connectivity index (χ4v) is 5.28. The quantitative estimate of drug-likeness (QED) is 0.419. The highest BCUT2D eigenvalue weighted by molar-refractivity contribution is 6.04. The van der Waals surface area contributed by atoms with Crippen LogP contribution in [-0.2, 0) is 9.59 Å². The number of carbonyl (C=O) groups excluding carboxylic acids is 3. The number of likely N-dealkylation sites (tertiary alicyclic amines) is 1. The Bertz CT molecular complexity index is 1390. The first-order valence-corrected chi connectivity index (χ1v) is 11.4. The van der Waals surface area contributed by atoms with Crippen LogP contribution in [0.2, 0.25) is 0 Å². The summed E-state index contributed by atoms with van der Waals surface area (Å²) in [5.74, 6) is 0.171. The van der Waals surface area contributed by atoms with Crippen molar-refractivity contribution in [2.45, 2.75) is 32.2 Å². The van der Waals surface area contributed by atoms with E-state index in [2.05, 4.69) is 21.8 Å². The molecule has 2 aliphatic rings. The minimum Gasteiger partial charge on any atom is -0.426 e. The third-order valence-corrected chi connectivity index (χ3v) is 7.07. The fraction of sp³-hybridized carbons (Fsp3) is 0.360. The Morgan fingerprint density at radius 1 is 1.23 bits per heavy atom. The monoisotopic (exact) mass is 472 g/mol. The third kappa shape index (κ3) is 3.60. The molecule has 0 radical (unpaired) electrons. The van der Waals surface area contributed by atoms with Crippen molar-refractivity contribution in [3.05, 3.63) is 48.4 Å². The van der Waals surface area contributed by atoms with Crippen LogP contribution >= 0.6 is 0 Å². The highest BCUT2D eigenvalue weighted by atomic mass is 16.5. The first-order valence-electron chi connectivity index (χ1n) is 11.4. The molecule has 2 aliphatic heterocycles. The predicted molar refractivity (Wildman–Crippen MR) is 126 cm³/mol. The van der Waals surface area contributed by atoms with Crippen molar-refractivity contribution < 1.29 is 19.1 Å². The van der Waals surface area contributed by atoms with Gasteiger partial charge in [0.15, 0.2) is 5.65 Å². The van der Waals surface area contributed by atoms with Gasteiger partial charge in [-0.05, 0) is 30.5 Å². The molecule has 178 valence electrons. The van der Waals surface area contributed by atoms with Crippen molar-refractivity contribution in [3.63, 3.8) is 0 Å². The van der Waals surface area contributed by atoms with Crippen LogP contribution in [0.4, 0.5) is 5.82 Å². The Balaban J connectivity index is 1.46. The lowest BCUT2D eigenvalue weighted by atomic mass is 9.74. The molecular formula is C25H24N6O4. The zero-order valence-electron chi connectivity index (χ0n) is 19.5. The standard InChI is InChI=1S/C25H24N6O4/c1-16-13-31(21(33)7-10-26)25(16)9-12-29(14-25)22-19-8-11-30(23(19)28-15-27-22)24(34)18-5-3-4-6-20(18)35-17(2)32/h3-6,8,11,15-16H,7,9,12-14H2,1-2H3/t16-,25-/m0/s1. The molecule has 0 aliphatic carbocycles. The van der Waals surface area contributed by atoms with Crippen LogP contribution in [0.3, 0.4) is 0 Å². The van der Waals surface area contributed by atoms with Gasteiger partial charge >= 0.3 is 5.97 Å². The van der Waals surface area contributed by atoms with Gasteiger partial charge in [-0.3, -0.25) is 19.0 Å². The van der Waals surface area contributed by atoms with E-state index in [0.717, 1.165) is 6.42 Å². The average Bonchev–Trinajstić information content (AvgIpc) is 3.49. The van der Waals surface area contributed by atoms with E-state index in [1.54, 1.807) is 36.5 Å². The lowest BCUT2D eigenvalue weighted by molar-refractivity contribution is -0.152. The first-order chi connectivity index (χ1) is 16.9. The van der Waals surface area contributed by atoms with E-state index in [1.165, 1.54) is 17.8 Å². The minimum absolute atomic E-state index is 0.119. The number of rotatable bonds is 4. The number of esters is 1. The van der Waals surface area contributed by atoms with Crippen LogP contribution < -0.4 is 9.64 Å². The van der Waals surface area contributed by atoms with Crippen LogP contribution in [0, 0.1) is 17.2 Å². The van der Waals surface area contributed by atoms with E-state index >= 15 is 0 Å². The lowest BCUT2D eigenvalue weighted by Gasteiger charge is -2.55. The van der Waals surface area contributed by atoms with E-state index < -0.39 is 5.97 Å². The highest BCUT2D eigenvalue weighted by Crippen LogP contribution is 2.45. The third-order valence-electron chi connectivity index (χ3n) is 7.07. The molecule has 0 N–H and O–H groups in total. The normalized spacial score (nSPS) is 21.1. The van der Waals surface area contributed by atoms with E-state index in [-0.39, 0.29) is 35.1 Å².